The second kappa shape index (κ2) is 5.74. The number of carbonyl (C=O) groups excluding carboxylic acids is 1. The van der Waals surface area contributed by atoms with Crippen LogP contribution in [0.2, 0.25) is 0 Å². The monoisotopic (exact) mass is 293 g/mol. The zero-order valence-corrected chi connectivity index (χ0v) is 12.3. The highest BCUT2D eigenvalue weighted by atomic mass is 35.5. The third-order valence-electron chi connectivity index (χ3n) is 4.45. The van der Waals surface area contributed by atoms with E-state index < -0.39 is 0 Å². The van der Waals surface area contributed by atoms with Gasteiger partial charge in [0.15, 0.2) is 0 Å². The van der Waals surface area contributed by atoms with E-state index in [1.165, 1.54) is 17.5 Å². The quantitative estimate of drug-likeness (QED) is 0.870. The summed E-state index contributed by atoms with van der Waals surface area (Å²) in [4.78, 5) is 12.5. The van der Waals surface area contributed by atoms with Gasteiger partial charge in [-0.3, -0.25) is 4.79 Å². The smallest absolute Gasteiger partial charge is 0.251 e. The predicted molar refractivity (Wildman–Crippen MR) is 79.4 cm³/mol. The summed E-state index contributed by atoms with van der Waals surface area (Å²) in [5.74, 6) is 0.426. The zero-order chi connectivity index (χ0) is 14.0. The summed E-state index contributed by atoms with van der Waals surface area (Å²) in [5, 5.41) is 3.14. The van der Waals surface area contributed by atoms with Crippen molar-refractivity contribution >= 4 is 17.5 Å². The Morgan fingerprint density at radius 3 is 2.75 bits per heavy atom. The molecule has 108 valence electrons. The molecule has 0 bridgehead atoms. The first-order valence-corrected chi connectivity index (χ1v) is 7.84. The van der Waals surface area contributed by atoms with Gasteiger partial charge >= 0.3 is 0 Å². The van der Waals surface area contributed by atoms with Gasteiger partial charge in [-0.15, -0.1) is 11.6 Å². The normalized spacial score (nSPS) is 20.4. The lowest BCUT2D eigenvalue weighted by molar-refractivity contribution is 0.0434. The lowest BCUT2D eigenvalue weighted by Gasteiger charge is -2.36. The Balaban J connectivity index is 1.75. The highest BCUT2D eigenvalue weighted by Crippen LogP contribution is 2.25. The number of benzene rings is 1. The Hall–Kier alpha value is -1.06. The zero-order valence-electron chi connectivity index (χ0n) is 11.6. The average molecular weight is 294 g/mol. The Morgan fingerprint density at radius 1 is 1.25 bits per heavy atom. The van der Waals surface area contributed by atoms with Crippen LogP contribution in [0, 0.1) is 0 Å². The summed E-state index contributed by atoms with van der Waals surface area (Å²) in [6, 6.07) is 6.06. The van der Waals surface area contributed by atoms with E-state index in [9.17, 15) is 4.79 Å². The van der Waals surface area contributed by atoms with Crippen LogP contribution >= 0.6 is 11.6 Å². The Morgan fingerprint density at radius 2 is 2.00 bits per heavy atom. The molecule has 1 amide bonds. The number of carbonyl (C=O) groups is 1. The molecule has 1 saturated heterocycles. The summed E-state index contributed by atoms with van der Waals surface area (Å²) in [7, 11) is 0. The minimum Gasteiger partial charge on any atom is -0.381 e. The molecule has 20 heavy (non-hydrogen) atoms. The van der Waals surface area contributed by atoms with Crippen molar-refractivity contribution in [3.05, 3.63) is 34.9 Å². The summed E-state index contributed by atoms with van der Waals surface area (Å²) in [6.45, 7) is 1.33. The van der Waals surface area contributed by atoms with Gasteiger partial charge in [0.2, 0.25) is 0 Å². The fourth-order valence-corrected chi connectivity index (χ4v) is 3.41. The molecule has 0 unspecified atom stereocenters. The van der Waals surface area contributed by atoms with Crippen molar-refractivity contribution in [1.29, 1.82) is 0 Å². The van der Waals surface area contributed by atoms with Crippen LogP contribution in [0.25, 0.3) is 0 Å². The first-order chi connectivity index (χ1) is 9.72. The summed E-state index contributed by atoms with van der Waals surface area (Å²) < 4.78 is 5.36. The number of alkyl halides is 1. The van der Waals surface area contributed by atoms with Crippen LogP contribution in [0.4, 0.5) is 0 Å². The van der Waals surface area contributed by atoms with Crippen LogP contribution in [0.15, 0.2) is 18.2 Å². The number of aryl methyl sites for hydroxylation is 2. The molecule has 0 radical (unpaired) electrons. The maximum absolute atomic E-state index is 12.5. The fraction of sp³-hybridized carbons (Fsp3) is 0.562. The molecule has 3 nitrogen and oxygen atoms in total. The topological polar surface area (TPSA) is 38.3 Å². The van der Waals surface area contributed by atoms with Crippen LogP contribution in [-0.2, 0) is 17.6 Å². The number of hydrogen-bond acceptors (Lipinski definition) is 2. The van der Waals surface area contributed by atoms with E-state index >= 15 is 0 Å². The molecule has 1 fully saturated rings. The Kier molecular flexibility index (Phi) is 3.99. The van der Waals surface area contributed by atoms with Gasteiger partial charge in [-0.2, -0.15) is 0 Å². The molecule has 0 atom stereocenters. The maximum atomic E-state index is 12.5. The predicted octanol–water partition coefficient (Wildman–Crippen LogP) is 2.69. The van der Waals surface area contributed by atoms with Crippen LogP contribution < -0.4 is 5.32 Å². The van der Waals surface area contributed by atoms with Crippen molar-refractivity contribution in [2.75, 3.05) is 19.1 Å². The van der Waals surface area contributed by atoms with Crippen LogP contribution in [0.3, 0.4) is 0 Å². The van der Waals surface area contributed by atoms with Gasteiger partial charge in [-0.25, -0.2) is 0 Å². The molecule has 1 N–H and O–H groups in total. The molecule has 3 rings (SSSR count). The lowest BCUT2D eigenvalue weighted by Crippen LogP contribution is -2.53. The molecule has 1 aromatic carbocycles. The fourth-order valence-electron chi connectivity index (χ4n) is 3.08. The van der Waals surface area contributed by atoms with Crippen molar-refractivity contribution in [2.24, 2.45) is 0 Å². The van der Waals surface area contributed by atoms with Crippen molar-refractivity contribution in [3.8, 4) is 0 Å². The molecule has 2 aliphatic rings. The van der Waals surface area contributed by atoms with Crippen molar-refractivity contribution in [1.82, 2.24) is 5.32 Å². The van der Waals surface area contributed by atoms with Gasteiger partial charge in [-0.05, 0) is 55.4 Å². The number of ether oxygens (including phenoxy) is 1. The van der Waals surface area contributed by atoms with Gasteiger partial charge in [0.1, 0.15) is 0 Å². The third-order valence-corrected chi connectivity index (χ3v) is 4.96. The SMILES string of the molecule is O=C(NC1(CCl)CCOCC1)c1ccc2c(c1)CCC2. The van der Waals surface area contributed by atoms with Gasteiger partial charge < -0.3 is 10.1 Å². The Bertz CT molecular complexity index is 509. The summed E-state index contributed by atoms with van der Waals surface area (Å²) in [6.07, 6.45) is 4.99. The van der Waals surface area contributed by atoms with Crippen molar-refractivity contribution in [3.63, 3.8) is 0 Å². The largest absolute Gasteiger partial charge is 0.381 e. The molecule has 0 spiro atoms. The van der Waals surface area contributed by atoms with E-state index in [0.29, 0.717) is 19.1 Å². The maximum Gasteiger partial charge on any atom is 0.251 e. The van der Waals surface area contributed by atoms with E-state index in [4.69, 9.17) is 16.3 Å². The first kappa shape index (κ1) is 13.9. The van der Waals surface area contributed by atoms with E-state index in [-0.39, 0.29) is 11.4 Å². The summed E-state index contributed by atoms with van der Waals surface area (Å²) in [5.41, 5.74) is 3.15. The lowest BCUT2D eigenvalue weighted by atomic mass is 9.91. The summed E-state index contributed by atoms with van der Waals surface area (Å²) >= 11 is 6.09. The van der Waals surface area contributed by atoms with Gasteiger partial charge in [-0.1, -0.05) is 6.07 Å². The molecule has 1 heterocycles. The van der Waals surface area contributed by atoms with E-state index in [1.807, 2.05) is 12.1 Å². The molecule has 1 aromatic rings. The molecule has 4 heteroatoms. The van der Waals surface area contributed by atoms with Crippen LogP contribution in [-0.4, -0.2) is 30.5 Å². The second-order valence-corrected chi connectivity index (χ2v) is 6.08. The number of nitrogens with one attached hydrogen (secondary N) is 1. The third kappa shape index (κ3) is 2.70. The molecular formula is C16H20ClNO2. The minimum absolute atomic E-state index is 0.0118. The van der Waals surface area contributed by atoms with Gasteiger partial charge in [0.05, 0.1) is 5.54 Å². The first-order valence-electron chi connectivity index (χ1n) is 7.30. The average Bonchev–Trinajstić information content (AvgIpc) is 2.95. The number of rotatable bonds is 3. The molecular weight excluding hydrogens is 274 g/mol. The van der Waals surface area contributed by atoms with Crippen molar-refractivity contribution in [2.45, 2.75) is 37.6 Å². The number of halogens is 1. The van der Waals surface area contributed by atoms with Crippen LogP contribution in [0.1, 0.15) is 40.7 Å². The van der Waals surface area contributed by atoms with Crippen LogP contribution in [0.5, 0.6) is 0 Å². The molecule has 1 aliphatic heterocycles. The number of fused-ring (bicyclic) bond motifs is 1. The molecule has 0 saturated carbocycles. The minimum atomic E-state index is -0.310. The Labute approximate surface area is 124 Å². The molecule has 0 aromatic heterocycles. The standard InChI is InChI=1S/C16H20ClNO2/c17-11-16(6-8-20-9-7-16)18-15(19)14-5-4-12-2-1-3-13(12)10-14/h4-5,10H,1-3,6-9,11H2,(H,18,19). The van der Waals surface area contributed by atoms with Crippen molar-refractivity contribution < 1.29 is 9.53 Å². The highest BCUT2D eigenvalue weighted by Gasteiger charge is 2.33. The van der Waals surface area contributed by atoms with E-state index in [1.54, 1.807) is 0 Å². The highest BCUT2D eigenvalue weighted by molar-refractivity contribution is 6.19. The number of hydrogen-bond donors (Lipinski definition) is 1. The van der Waals surface area contributed by atoms with Gasteiger partial charge in [0, 0.05) is 24.7 Å². The second-order valence-electron chi connectivity index (χ2n) is 5.82. The molecule has 1 aliphatic carbocycles. The van der Waals surface area contributed by atoms with Gasteiger partial charge in [0.25, 0.3) is 5.91 Å². The van der Waals surface area contributed by atoms with E-state index in [0.717, 1.165) is 31.2 Å². The van der Waals surface area contributed by atoms with E-state index in [2.05, 4.69) is 11.4 Å². The number of amides is 1.